The number of amides is 1. The van der Waals surface area contributed by atoms with E-state index in [4.69, 9.17) is 5.73 Å². The van der Waals surface area contributed by atoms with Gasteiger partial charge in [-0.25, -0.2) is 9.97 Å². The predicted molar refractivity (Wildman–Crippen MR) is 105 cm³/mol. The molecule has 0 aromatic carbocycles. The molecule has 1 aliphatic rings. The van der Waals surface area contributed by atoms with E-state index in [1.54, 1.807) is 17.4 Å². The summed E-state index contributed by atoms with van der Waals surface area (Å²) in [7, 11) is 0. The number of carbonyl (C=O) groups is 1. The Morgan fingerprint density at radius 1 is 1.35 bits per heavy atom. The van der Waals surface area contributed by atoms with Crippen LogP contribution in [0.2, 0.25) is 0 Å². The largest absolute Gasteiger partial charge is 0.370 e. The van der Waals surface area contributed by atoms with Gasteiger partial charge in [0, 0.05) is 49.9 Å². The Labute approximate surface area is 156 Å². The summed E-state index contributed by atoms with van der Waals surface area (Å²) in [6.07, 6.45) is 2.09. The Morgan fingerprint density at radius 3 is 2.85 bits per heavy atom. The molecule has 2 aromatic rings. The average Bonchev–Trinajstić information content (AvgIpc) is 3.16. The molecule has 3 heterocycles. The fourth-order valence-electron chi connectivity index (χ4n) is 2.69. The van der Waals surface area contributed by atoms with Crippen molar-refractivity contribution in [3.8, 4) is 0 Å². The fraction of sp³-hybridized carbons (Fsp3) is 0.412. The van der Waals surface area contributed by atoms with E-state index in [9.17, 15) is 4.79 Å². The number of hydrogen-bond acceptors (Lipinski definition) is 6. The molecule has 0 aliphatic carbocycles. The molecule has 1 saturated heterocycles. The number of nitrogens with two attached hydrogens (primary N) is 1. The number of thiazole rings is 1. The highest BCUT2D eigenvalue weighted by molar-refractivity contribution is 7.13. The minimum Gasteiger partial charge on any atom is -0.370 e. The normalized spacial score (nSPS) is 15.2. The first kappa shape index (κ1) is 18.1. The van der Waals surface area contributed by atoms with Gasteiger partial charge in [0.2, 0.25) is 5.91 Å². The first-order chi connectivity index (χ1) is 12.6. The molecule has 9 heteroatoms. The third kappa shape index (κ3) is 4.92. The van der Waals surface area contributed by atoms with Gasteiger partial charge < -0.3 is 20.9 Å². The predicted octanol–water partition coefficient (Wildman–Crippen LogP) is 1.31. The highest BCUT2D eigenvalue weighted by atomic mass is 32.1. The van der Waals surface area contributed by atoms with Crippen molar-refractivity contribution in [1.29, 1.82) is 0 Å². The number of aromatic nitrogens is 2. The lowest BCUT2D eigenvalue weighted by Gasteiger charge is -2.35. The Balaban J connectivity index is 1.42. The van der Waals surface area contributed by atoms with E-state index < -0.39 is 0 Å². The summed E-state index contributed by atoms with van der Waals surface area (Å²) in [5.41, 5.74) is 6.93. The molecule has 0 saturated carbocycles. The summed E-state index contributed by atoms with van der Waals surface area (Å²) in [4.78, 5) is 29.2. The Kier molecular flexibility index (Phi) is 6.00. The van der Waals surface area contributed by atoms with Crippen LogP contribution < -0.4 is 16.0 Å². The van der Waals surface area contributed by atoms with E-state index in [1.165, 1.54) is 0 Å². The van der Waals surface area contributed by atoms with Gasteiger partial charge >= 0.3 is 0 Å². The minimum atomic E-state index is -0.117. The van der Waals surface area contributed by atoms with Crippen LogP contribution in [0, 0.1) is 6.92 Å². The summed E-state index contributed by atoms with van der Waals surface area (Å²) < 4.78 is 0. The van der Waals surface area contributed by atoms with Crippen molar-refractivity contribution in [1.82, 2.24) is 14.9 Å². The number of guanidine groups is 1. The van der Waals surface area contributed by atoms with Crippen LogP contribution in [0.3, 0.4) is 0 Å². The fourth-order valence-corrected chi connectivity index (χ4v) is 3.39. The lowest BCUT2D eigenvalue weighted by molar-refractivity contribution is -0.116. The van der Waals surface area contributed by atoms with Crippen molar-refractivity contribution >= 4 is 34.2 Å². The first-order valence-corrected chi connectivity index (χ1v) is 9.42. The van der Waals surface area contributed by atoms with Gasteiger partial charge in [-0.15, -0.1) is 11.3 Å². The Bertz CT molecular complexity index is 754. The highest BCUT2D eigenvalue weighted by Gasteiger charge is 2.19. The van der Waals surface area contributed by atoms with Crippen LogP contribution in [-0.2, 0) is 4.79 Å². The van der Waals surface area contributed by atoms with E-state index in [0.29, 0.717) is 18.3 Å². The molecule has 26 heavy (non-hydrogen) atoms. The molecule has 0 radical (unpaired) electrons. The number of aliphatic imine (C=N–C) groups is 1. The van der Waals surface area contributed by atoms with E-state index in [1.807, 2.05) is 35.5 Å². The van der Waals surface area contributed by atoms with Crippen molar-refractivity contribution in [2.45, 2.75) is 13.3 Å². The van der Waals surface area contributed by atoms with Gasteiger partial charge in [-0.3, -0.25) is 9.79 Å². The lowest BCUT2D eigenvalue weighted by atomic mass is 10.3. The van der Waals surface area contributed by atoms with Crippen molar-refractivity contribution in [2.75, 3.05) is 42.9 Å². The monoisotopic (exact) mass is 373 g/mol. The van der Waals surface area contributed by atoms with Crippen molar-refractivity contribution < 1.29 is 4.79 Å². The molecule has 0 atom stereocenters. The summed E-state index contributed by atoms with van der Waals surface area (Å²) in [5, 5.41) is 5.80. The standard InChI is InChI=1S/C17H23N7OS/c1-13-3-2-4-14(21-13)22-15(25)5-6-19-16(18)23-8-10-24(11-9-23)17-20-7-12-26-17/h2-4,7,12H,5-6,8-11H2,1H3,(H2,18,19)(H,21,22,25). The zero-order chi connectivity index (χ0) is 18.4. The lowest BCUT2D eigenvalue weighted by Crippen LogP contribution is -2.51. The molecule has 8 nitrogen and oxygen atoms in total. The van der Waals surface area contributed by atoms with Crippen LogP contribution >= 0.6 is 11.3 Å². The molecule has 2 aromatic heterocycles. The van der Waals surface area contributed by atoms with Crippen LogP contribution in [0.4, 0.5) is 10.9 Å². The molecular formula is C17H23N7OS. The maximum absolute atomic E-state index is 12.0. The number of hydrogen-bond donors (Lipinski definition) is 2. The number of aryl methyl sites for hydroxylation is 1. The number of piperazine rings is 1. The van der Waals surface area contributed by atoms with Gasteiger partial charge in [0.25, 0.3) is 0 Å². The average molecular weight is 373 g/mol. The molecule has 1 fully saturated rings. The molecule has 138 valence electrons. The molecular weight excluding hydrogens is 350 g/mol. The number of nitrogens with one attached hydrogen (secondary N) is 1. The maximum atomic E-state index is 12.0. The molecule has 0 unspecified atom stereocenters. The van der Waals surface area contributed by atoms with Crippen LogP contribution in [-0.4, -0.2) is 59.5 Å². The van der Waals surface area contributed by atoms with E-state index >= 15 is 0 Å². The third-order valence-corrected chi connectivity index (χ3v) is 4.89. The number of anilines is 2. The number of nitrogens with zero attached hydrogens (tertiary/aromatic N) is 5. The van der Waals surface area contributed by atoms with Crippen molar-refractivity contribution in [2.24, 2.45) is 10.7 Å². The van der Waals surface area contributed by atoms with Gasteiger partial charge in [-0.05, 0) is 19.1 Å². The van der Waals surface area contributed by atoms with Gasteiger partial charge in [0.15, 0.2) is 11.1 Å². The summed E-state index contributed by atoms with van der Waals surface area (Å²) in [5.74, 6) is 0.934. The molecule has 1 aliphatic heterocycles. The second-order valence-electron chi connectivity index (χ2n) is 5.99. The van der Waals surface area contributed by atoms with Crippen LogP contribution in [0.5, 0.6) is 0 Å². The summed E-state index contributed by atoms with van der Waals surface area (Å²) in [6, 6.07) is 5.51. The van der Waals surface area contributed by atoms with E-state index in [-0.39, 0.29) is 12.3 Å². The zero-order valence-electron chi connectivity index (χ0n) is 14.8. The maximum Gasteiger partial charge on any atom is 0.227 e. The van der Waals surface area contributed by atoms with Crippen LogP contribution in [0.25, 0.3) is 0 Å². The number of rotatable bonds is 5. The third-order valence-electron chi connectivity index (χ3n) is 4.06. The Hall–Kier alpha value is -2.68. The molecule has 0 bridgehead atoms. The molecule has 1 amide bonds. The second-order valence-corrected chi connectivity index (χ2v) is 6.86. The van der Waals surface area contributed by atoms with Gasteiger partial charge in [0.1, 0.15) is 5.82 Å². The second kappa shape index (κ2) is 8.61. The molecule has 0 spiro atoms. The SMILES string of the molecule is Cc1cccc(NC(=O)CCN=C(N)N2CCN(c3nccs3)CC2)n1. The van der Waals surface area contributed by atoms with Crippen LogP contribution in [0.1, 0.15) is 12.1 Å². The summed E-state index contributed by atoms with van der Waals surface area (Å²) in [6.45, 7) is 5.57. The van der Waals surface area contributed by atoms with Crippen LogP contribution in [0.15, 0.2) is 34.8 Å². The van der Waals surface area contributed by atoms with Crippen molar-refractivity contribution in [3.63, 3.8) is 0 Å². The number of carbonyl (C=O) groups excluding carboxylic acids is 1. The van der Waals surface area contributed by atoms with Crippen molar-refractivity contribution in [3.05, 3.63) is 35.5 Å². The number of pyridine rings is 1. The van der Waals surface area contributed by atoms with E-state index in [2.05, 4.69) is 25.2 Å². The topological polar surface area (TPSA) is 99.7 Å². The smallest absolute Gasteiger partial charge is 0.227 e. The first-order valence-electron chi connectivity index (χ1n) is 8.54. The minimum absolute atomic E-state index is 0.117. The van der Waals surface area contributed by atoms with Gasteiger partial charge in [-0.2, -0.15) is 0 Å². The quantitative estimate of drug-likeness (QED) is 0.606. The molecule has 3 N–H and O–H groups in total. The highest BCUT2D eigenvalue weighted by Crippen LogP contribution is 2.18. The zero-order valence-corrected chi connectivity index (χ0v) is 15.6. The van der Waals surface area contributed by atoms with Gasteiger partial charge in [-0.1, -0.05) is 6.07 Å². The van der Waals surface area contributed by atoms with Gasteiger partial charge in [0.05, 0.1) is 6.54 Å². The van der Waals surface area contributed by atoms with E-state index in [0.717, 1.165) is 37.0 Å². The Morgan fingerprint density at radius 2 is 2.15 bits per heavy atom. The summed E-state index contributed by atoms with van der Waals surface area (Å²) >= 11 is 1.64. The molecule has 3 rings (SSSR count).